The van der Waals surface area contributed by atoms with Gasteiger partial charge in [0, 0.05) is 19.5 Å². The first-order valence-corrected chi connectivity index (χ1v) is 9.28. The molecule has 0 saturated carbocycles. The highest BCUT2D eigenvalue weighted by molar-refractivity contribution is 7.88. The van der Waals surface area contributed by atoms with E-state index in [1.165, 1.54) is 4.31 Å². The molecular weight excluding hydrogens is 308 g/mol. The first-order valence-electron chi connectivity index (χ1n) is 7.43. The molecule has 1 aliphatic rings. The molecule has 1 aromatic rings. The van der Waals surface area contributed by atoms with E-state index in [9.17, 15) is 13.2 Å². The van der Waals surface area contributed by atoms with Crippen molar-refractivity contribution in [1.29, 1.82) is 0 Å². The van der Waals surface area contributed by atoms with Crippen molar-refractivity contribution < 1.29 is 17.7 Å². The third kappa shape index (κ3) is 3.64. The van der Waals surface area contributed by atoms with Gasteiger partial charge in [-0.15, -0.1) is 0 Å². The van der Waals surface area contributed by atoms with Crippen LogP contribution in [-0.4, -0.2) is 59.1 Å². The van der Waals surface area contributed by atoms with Crippen molar-refractivity contribution in [1.82, 2.24) is 19.3 Å². The molecule has 1 aromatic heterocycles. The summed E-state index contributed by atoms with van der Waals surface area (Å²) < 4.78 is 29.9. The minimum atomic E-state index is -3.38. The smallest absolute Gasteiger partial charge is 0.246 e. The van der Waals surface area contributed by atoms with Crippen molar-refractivity contribution in [3.63, 3.8) is 0 Å². The minimum Gasteiger partial charge on any atom is -0.337 e. The van der Waals surface area contributed by atoms with Crippen LogP contribution in [0.25, 0.3) is 0 Å². The zero-order chi connectivity index (χ0) is 16.3. The Balaban J connectivity index is 2.11. The van der Waals surface area contributed by atoms with Crippen LogP contribution in [0, 0.1) is 0 Å². The Hall–Kier alpha value is -1.48. The number of sulfonamides is 1. The lowest BCUT2D eigenvalue weighted by molar-refractivity contribution is -0.135. The molecule has 0 spiro atoms. The molecule has 1 saturated heterocycles. The number of amides is 1. The number of nitrogens with zero attached hydrogens (tertiary/aromatic N) is 4. The van der Waals surface area contributed by atoms with E-state index in [1.54, 1.807) is 4.90 Å². The van der Waals surface area contributed by atoms with Gasteiger partial charge in [-0.2, -0.15) is 9.29 Å². The lowest BCUT2D eigenvalue weighted by atomic mass is 10.2. The fourth-order valence-electron chi connectivity index (χ4n) is 2.60. The van der Waals surface area contributed by atoms with Crippen LogP contribution in [0.1, 0.15) is 38.4 Å². The average molecular weight is 330 g/mol. The van der Waals surface area contributed by atoms with Crippen LogP contribution < -0.4 is 0 Å². The number of aromatic nitrogens is 2. The van der Waals surface area contributed by atoms with Crippen LogP contribution in [0.15, 0.2) is 4.52 Å². The maximum atomic E-state index is 12.6. The van der Waals surface area contributed by atoms with Gasteiger partial charge in [0.1, 0.15) is 12.6 Å². The summed E-state index contributed by atoms with van der Waals surface area (Å²) in [6, 6.07) is -0.622. The summed E-state index contributed by atoms with van der Waals surface area (Å²) in [5.41, 5.74) is 0. The predicted octanol–water partition coefficient (Wildman–Crippen LogP) is 0.405. The summed E-state index contributed by atoms with van der Waals surface area (Å²) in [7, 11) is -3.38. The summed E-state index contributed by atoms with van der Waals surface area (Å²) in [4.78, 5) is 18.4. The van der Waals surface area contributed by atoms with Crippen molar-refractivity contribution in [3.8, 4) is 0 Å². The Morgan fingerprint density at radius 1 is 1.45 bits per heavy atom. The van der Waals surface area contributed by atoms with Crippen LogP contribution in [0.5, 0.6) is 0 Å². The van der Waals surface area contributed by atoms with E-state index in [2.05, 4.69) is 10.1 Å². The van der Waals surface area contributed by atoms with Crippen molar-refractivity contribution in [2.75, 3.05) is 19.3 Å². The van der Waals surface area contributed by atoms with Crippen LogP contribution in [0.2, 0.25) is 0 Å². The lowest BCUT2D eigenvalue weighted by Gasteiger charge is -2.27. The first-order chi connectivity index (χ1) is 10.4. The molecule has 124 valence electrons. The summed E-state index contributed by atoms with van der Waals surface area (Å²) >= 11 is 0. The van der Waals surface area contributed by atoms with Crippen molar-refractivity contribution in [2.45, 2.75) is 45.7 Å². The van der Waals surface area contributed by atoms with Gasteiger partial charge in [-0.3, -0.25) is 4.79 Å². The number of rotatable bonds is 6. The largest absolute Gasteiger partial charge is 0.337 e. The van der Waals surface area contributed by atoms with Gasteiger partial charge in [-0.1, -0.05) is 12.1 Å². The van der Waals surface area contributed by atoms with Gasteiger partial charge in [-0.05, 0) is 19.8 Å². The molecule has 0 radical (unpaired) electrons. The maximum absolute atomic E-state index is 12.6. The molecule has 0 N–H and O–H groups in total. The second kappa shape index (κ2) is 6.74. The molecule has 1 fully saturated rings. The minimum absolute atomic E-state index is 0.205. The number of aryl methyl sites for hydroxylation is 1. The number of carbonyl (C=O) groups excluding carboxylic acids is 1. The summed E-state index contributed by atoms with van der Waals surface area (Å²) in [6.45, 7) is 4.81. The second-order valence-corrected chi connectivity index (χ2v) is 7.28. The van der Waals surface area contributed by atoms with Gasteiger partial charge in [0.2, 0.25) is 21.8 Å². The van der Waals surface area contributed by atoms with E-state index < -0.39 is 16.1 Å². The third-order valence-corrected chi connectivity index (χ3v) is 5.05. The molecule has 0 bridgehead atoms. The number of hydrogen-bond acceptors (Lipinski definition) is 6. The zero-order valence-corrected chi connectivity index (χ0v) is 14.0. The van der Waals surface area contributed by atoms with Gasteiger partial charge >= 0.3 is 0 Å². The fraction of sp³-hybridized carbons (Fsp3) is 0.769. The van der Waals surface area contributed by atoms with E-state index in [-0.39, 0.29) is 12.5 Å². The van der Waals surface area contributed by atoms with Gasteiger partial charge in [0.15, 0.2) is 5.82 Å². The van der Waals surface area contributed by atoms with E-state index >= 15 is 0 Å². The number of hydrogen-bond donors (Lipinski definition) is 0. The molecule has 1 atom stereocenters. The highest BCUT2D eigenvalue weighted by Gasteiger charge is 2.38. The van der Waals surface area contributed by atoms with E-state index in [0.717, 1.165) is 6.26 Å². The normalized spacial score (nSPS) is 19.5. The van der Waals surface area contributed by atoms with Crippen LogP contribution in [-0.2, 0) is 27.8 Å². The molecule has 0 aromatic carbocycles. The van der Waals surface area contributed by atoms with Crippen molar-refractivity contribution >= 4 is 15.9 Å². The molecular formula is C13H22N4O4S. The Bertz CT molecular complexity index is 628. The lowest BCUT2D eigenvalue weighted by Crippen LogP contribution is -2.47. The Kier molecular flexibility index (Phi) is 5.17. The summed E-state index contributed by atoms with van der Waals surface area (Å²) in [5, 5.41) is 3.80. The fourth-order valence-corrected chi connectivity index (χ4v) is 3.72. The molecule has 1 amide bonds. The molecule has 0 aliphatic carbocycles. The monoisotopic (exact) mass is 330 g/mol. The molecule has 22 heavy (non-hydrogen) atoms. The SMILES string of the molecule is CCc1noc(CN(CC)C(=O)[C@@H]2CCCN2S(C)(=O)=O)n1. The number of carbonyl (C=O) groups is 1. The Morgan fingerprint density at radius 2 is 2.18 bits per heavy atom. The Morgan fingerprint density at radius 3 is 2.73 bits per heavy atom. The van der Waals surface area contributed by atoms with Crippen LogP contribution in [0.3, 0.4) is 0 Å². The van der Waals surface area contributed by atoms with Gasteiger partial charge < -0.3 is 9.42 Å². The summed E-state index contributed by atoms with van der Waals surface area (Å²) in [6.07, 6.45) is 3.04. The van der Waals surface area contributed by atoms with E-state index in [0.29, 0.717) is 44.1 Å². The molecule has 2 heterocycles. The van der Waals surface area contributed by atoms with E-state index in [4.69, 9.17) is 4.52 Å². The maximum Gasteiger partial charge on any atom is 0.246 e. The second-order valence-electron chi connectivity index (χ2n) is 5.34. The molecule has 2 rings (SSSR count). The average Bonchev–Trinajstić information content (AvgIpc) is 3.12. The van der Waals surface area contributed by atoms with Gasteiger partial charge in [-0.25, -0.2) is 8.42 Å². The highest BCUT2D eigenvalue weighted by atomic mass is 32.2. The first kappa shape index (κ1) is 16.9. The van der Waals surface area contributed by atoms with E-state index in [1.807, 2.05) is 13.8 Å². The standard InChI is InChI=1S/C13H22N4O4S/c1-4-11-14-12(21-15-11)9-16(5-2)13(18)10-7-6-8-17(10)22(3,19)20/h10H,4-9H2,1-3H3/t10-/m0/s1. The molecule has 0 unspecified atom stereocenters. The third-order valence-electron chi connectivity index (χ3n) is 3.76. The number of likely N-dealkylation sites (N-methyl/N-ethyl adjacent to an activating group) is 1. The van der Waals surface area contributed by atoms with Crippen LogP contribution in [0.4, 0.5) is 0 Å². The summed E-state index contributed by atoms with van der Waals surface area (Å²) in [5.74, 6) is 0.759. The van der Waals surface area contributed by atoms with Crippen molar-refractivity contribution in [3.05, 3.63) is 11.7 Å². The molecule has 8 nitrogen and oxygen atoms in total. The zero-order valence-electron chi connectivity index (χ0n) is 13.2. The quantitative estimate of drug-likeness (QED) is 0.749. The molecule has 1 aliphatic heterocycles. The molecule has 9 heteroatoms. The highest BCUT2D eigenvalue weighted by Crippen LogP contribution is 2.22. The van der Waals surface area contributed by atoms with Gasteiger partial charge in [0.25, 0.3) is 0 Å². The Labute approximate surface area is 130 Å². The predicted molar refractivity (Wildman–Crippen MR) is 79.3 cm³/mol. The topological polar surface area (TPSA) is 96.6 Å². The van der Waals surface area contributed by atoms with Gasteiger partial charge in [0.05, 0.1) is 6.26 Å². The van der Waals surface area contributed by atoms with Crippen molar-refractivity contribution in [2.24, 2.45) is 0 Å². The van der Waals surface area contributed by atoms with Crippen LogP contribution >= 0.6 is 0 Å².